The second-order valence-corrected chi connectivity index (χ2v) is 9.01. The molecule has 0 fully saturated rings. The predicted molar refractivity (Wildman–Crippen MR) is 112 cm³/mol. The molecule has 0 aliphatic carbocycles. The fourth-order valence-electron chi connectivity index (χ4n) is 3.57. The third-order valence-electron chi connectivity index (χ3n) is 4.96. The highest BCUT2D eigenvalue weighted by Gasteiger charge is 2.30. The molecule has 4 rings (SSSR count). The van der Waals surface area contributed by atoms with E-state index in [1.54, 1.807) is 0 Å². The van der Waals surface area contributed by atoms with Crippen LogP contribution in [0.3, 0.4) is 0 Å². The minimum absolute atomic E-state index is 0.160. The molecule has 0 radical (unpaired) electrons. The summed E-state index contributed by atoms with van der Waals surface area (Å²) in [6.07, 6.45) is 0. The molecule has 0 saturated carbocycles. The molecule has 3 heteroatoms. The van der Waals surface area contributed by atoms with Gasteiger partial charge in [0.1, 0.15) is 29.8 Å². The van der Waals surface area contributed by atoms with Gasteiger partial charge in [-0.05, 0) is 22.0 Å². The smallest absolute Gasteiger partial charge is 0.318 e. The molecule has 1 aliphatic heterocycles. The van der Waals surface area contributed by atoms with E-state index in [1.165, 1.54) is 11.1 Å². The molecule has 0 unspecified atom stereocenters. The number of carbonyl (C=O) groups is 1. The number of benzene rings is 3. The fourth-order valence-corrected chi connectivity index (χ4v) is 5.73. The minimum atomic E-state index is -0.364. The Labute approximate surface area is 163 Å². The van der Waals surface area contributed by atoms with Crippen LogP contribution in [0.1, 0.15) is 28.2 Å². The van der Waals surface area contributed by atoms with Gasteiger partial charge in [-0.25, -0.2) is 0 Å². The molecule has 1 heterocycles. The Morgan fingerprint density at radius 3 is 1.78 bits per heavy atom. The summed E-state index contributed by atoms with van der Waals surface area (Å²) in [5, 5.41) is 0. The number of carbonyl (C=O) groups excluding carboxylic acids is 1. The van der Waals surface area contributed by atoms with Crippen molar-refractivity contribution in [3.8, 4) is 0 Å². The molecule has 0 spiro atoms. The van der Waals surface area contributed by atoms with Gasteiger partial charge < -0.3 is 4.74 Å². The van der Waals surface area contributed by atoms with Crippen LogP contribution in [0.5, 0.6) is 0 Å². The molecule has 136 valence electrons. The predicted octanol–water partition coefficient (Wildman–Crippen LogP) is 4.69. The van der Waals surface area contributed by atoms with Gasteiger partial charge in [0, 0.05) is 11.1 Å². The number of ether oxygens (including phenoxy) is 1. The molecule has 3 aromatic rings. The van der Waals surface area contributed by atoms with Crippen molar-refractivity contribution in [1.82, 2.24) is 0 Å². The van der Waals surface area contributed by atoms with E-state index >= 15 is 0 Å². The molecular formula is C24H23O2S+. The third-order valence-corrected chi connectivity index (χ3v) is 7.14. The molecule has 0 amide bonds. The Hall–Kier alpha value is -2.52. The largest absolute Gasteiger partial charge is 0.460 e. The van der Waals surface area contributed by atoms with E-state index in [9.17, 15) is 4.79 Å². The van der Waals surface area contributed by atoms with E-state index in [0.717, 1.165) is 28.4 Å². The topological polar surface area (TPSA) is 26.3 Å². The lowest BCUT2D eigenvalue weighted by Crippen LogP contribution is -2.21. The first-order chi connectivity index (χ1) is 13.3. The van der Waals surface area contributed by atoms with Crippen molar-refractivity contribution in [2.75, 3.05) is 12.4 Å². The Bertz CT molecular complexity index is 828. The lowest BCUT2D eigenvalue weighted by Gasteiger charge is -2.16. The zero-order valence-electron chi connectivity index (χ0n) is 15.2. The van der Waals surface area contributed by atoms with Crippen LogP contribution in [-0.4, -0.2) is 18.3 Å². The molecule has 0 N–H and O–H groups in total. The molecule has 0 atom stereocenters. The molecule has 0 aromatic heterocycles. The van der Waals surface area contributed by atoms with Crippen molar-refractivity contribution in [1.29, 1.82) is 0 Å². The highest BCUT2D eigenvalue weighted by Crippen LogP contribution is 2.28. The first-order valence-corrected chi connectivity index (χ1v) is 11.0. The van der Waals surface area contributed by atoms with Crippen molar-refractivity contribution >= 4 is 16.9 Å². The van der Waals surface area contributed by atoms with E-state index < -0.39 is 0 Å². The van der Waals surface area contributed by atoms with E-state index in [2.05, 4.69) is 24.3 Å². The second kappa shape index (κ2) is 8.45. The molecule has 3 aromatic carbocycles. The summed E-state index contributed by atoms with van der Waals surface area (Å²) in [5.41, 5.74) is 4.87. The summed E-state index contributed by atoms with van der Waals surface area (Å²) in [4.78, 5) is 12.9. The van der Waals surface area contributed by atoms with E-state index in [4.69, 9.17) is 4.74 Å². The van der Waals surface area contributed by atoms with Crippen LogP contribution in [-0.2, 0) is 31.9 Å². The van der Waals surface area contributed by atoms with Crippen molar-refractivity contribution < 1.29 is 9.53 Å². The van der Waals surface area contributed by atoms with Gasteiger partial charge in [0.05, 0.1) is 0 Å². The quantitative estimate of drug-likeness (QED) is 0.461. The van der Waals surface area contributed by atoms with Gasteiger partial charge in [0.15, 0.2) is 0 Å². The van der Waals surface area contributed by atoms with Gasteiger partial charge in [-0.15, -0.1) is 0 Å². The summed E-state index contributed by atoms with van der Waals surface area (Å²) in [6.45, 7) is 0.492. The molecule has 1 aliphatic rings. The van der Waals surface area contributed by atoms with Crippen molar-refractivity contribution in [2.24, 2.45) is 0 Å². The Morgan fingerprint density at radius 1 is 0.778 bits per heavy atom. The number of fused-ring (bicyclic) bond motifs is 1. The van der Waals surface area contributed by atoms with Gasteiger partial charge in [-0.3, -0.25) is 4.79 Å². The lowest BCUT2D eigenvalue weighted by molar-refractivity contribution is -0.143. The Kier molecular flexibility index (Phi) is 5.59. The Morgan fingerprint density at radius 2 is 1.26 bits per heavy atom. The molecular weight excluding hydrogens is 352 g/mol. The first kappa shape index (κ1) is 17.9. The maximum atomic E-state index is 12.9. The summed E-state index contributed by atoms with van der Waals surface area (Å²) in [6, 6.07) is 28.4. The minimum Gasteiger partial charge on any atom is -0.460 e. The van der Waals surface area contributed by atoms with E-state index in [-0.39, 0.29) is 22.8 Å². The van der Waals surface area contributed by atoms with E-state index in [1.807, 2.05) is 60.7 Å². The molecule has 0 saturated heterocycles. The number of hydrogen-bond donors (Lipinski definition) is 0. The molecule has 27 heavy (non-hydrogen) atoms. The highest BCUT2D eigenvalue weighted by atomic mass is 32.2. The summed E-state index contributed by atoms with van der Waals surface area (Å²) >= 11 is 0. The van der Waals surface area contributed by atoms with Crippen molar-refractivity contribution in [3.05, 3.63) is 107 Å². The molecule has 2 nitrogen and oxygen atoms in total. The van der Waals surface area contributed by atoms with Crippen LogP contribution in [0.4, 0.5) is 0 Å². The average molecular weight is 376 g/mol. The van der Waals surface area contributed by atoms with Crippen LogP contribution < -0.4 is 0 Å². The SMILES string of the molecule is O=C(OCC[S+]1Cc2ccccc2C1)C(c1ccccc1)c1ccccc1. The number of rotatable bonds is 6. The number of esters is 1. The van der Waals surface area contributed by atoms with Crippen LogP contribution in [0.15, 0.2) is 84.9 Å². The maximum absolute atomic E-state index is 12.9. The number of hydrogen-bond acceptors (Lipinski definition) is 2. The summed E-state index contributed by atoms with van der Waals surface area (Å²) < 4.78 is 5.74. The zero-order valence-corrected chi connectivity index (χ0v) is 16.0. The van der Waals surface area contributed by atoms with Crippen LogP contribution >= 0.6 is 0 Å². The molecule has 0 bridgehead atoms. The van der Waals surface area contributed by atoms with Crippen LogP contribution in [0.2, 0.25) is 0 Å². The van der Waals surface area contributed by atoms with Gasteiger partial charge >= 0.3 is 5.97 Å². The second-order valence-electron chi connectivity index (χ2n) is 6.80. The average Bonchev–Trinajstić information content (AvgIpc) is 3.13. The van der Waals surface area contributed by atoms with Crippen molar-refractivity contribution in [3.63, 3.8) is 0 Å². The van der Waals surface area contributed by atoms with Crippen LogP contribution in [0, 0.1) is 0 Å². The van der Waals surface area contributed by atoms with Gasteiger partial charge in [0.25, 0.3) is 0 Å². The zero-order chi connectivity index (χ0) is 18.5. The van der Waals surface area contributed by atoms with Gasteiger partial charge in [-0.1, -0.05) is 84.9 Å². The van der Waals surface area contributed by atoms with Gasteiger partial charge in [-0.2, -0.15) is 0 Å². The Balaban J connectivity index is 1.40. The van der Waals surface area contributed by atoms with Gasteiger partial charge in [0.2, 0.25) is 0 Å². The maximum Gasteiger partial charge on any atom is 0.318 e. The van der Waals surface area contributed by atoms with E-state index in [0.29, 0.717) is 6.61 Å². The third kappa shape index (κ3) is 4.25. The highest BCUT2D eigenvalue weighted by molar-refractivity contribution is 7.95. The summed E-state index contributed by atoms with van der Waals surface area (Å²) in [5.74, 6) is 2.66. The lowest BCUT2D eigenvalue weighted by atomic mass is 9.91. The van der Waals surface area contributed by atoms with Crippen LogP contribution in [0.25, 0.3) is 0 Å². The monoisotopic (exact) mass is 375 g/mol. The van der Waals surface area contributed by atoms with Crippen molar-refractivity contribution in [2.45, 2.75) is 17.4 Å². The first-order valence-electron chi connectivity index (χ1n) is 9.28. The normalized spacial score (nSPS) is 13.5. The summed E-state index contributed by atoms with van der Waals surface area (Å²) in [7, 11) is 0.280. The fraction of sp³-hybridized carbons (Fsp3) is 0.208. The standard InChI is InChI=1S/C24H23O2S/c25-24(26-15-16-27-17-21-13-7-8-14-22(21)18-27)23(19-9-3-1-4-10-19)20-11-5-2-6-12-20/h1-14,23H,15-18H2/q+1.